The highest BCUT2D eigenvalue weighted by atomic mass is 35.5. The van der Waals surface area contributed by atoms with Gasteiger partial charge in [0, 0.05) is 16.3 Å². The Morgan fingerprint density at radius 2 is 1.76 bits per heavy atom. The van der Waals surface area contributed by atoms with Crippen LogP contribution < -0.4 is 5.32 Å². The summed E-state index contributed by atoms with van der Waals surface area (Å²) in [6.45, 7) is 0.111. The summed E-state index contributed by atoms with van der Waals surface area (Å²) < 4.78 is 38.6. The maximum absolute atomic E-state index is 12.9. The zero-order valence-corrected chi connectivity index (χ0v) is 11.6. The van der Waals surface area contributed by atoms with Gasteiger partial charge in [0.1, 0.15) is 0 Å². The van der Waals surface area contributed by atoms with E-state index in [0.717, 1.165) is 11.6 Å². The van der Waals surface area contributed by atoms with E-state index in [2.05, 4.69) is 17.2 Å². The molecule has 0 aliphatic heterocycles. The number of halogens is 4. The third-order valence-corrected chi connectivity index (χ3v) is 2.90. The van der Waals surface area contributed by atoms with E-state index in [0.29, 0.717) is 0 Å². The molecule has 0 unspecified atom stereocenters. The van der Waals surface area contributed by atoms with Crippen molar-refractivity contribution < 1.29 is 13.2 Å². The number of nitrogens with one attached hydrogen (secondary N) is 1. The van der Waals surface area contributed by atoms with Crippen LogP contribution in [-0.2, 0) is 6.18 Å². The fourth-order valence-electron chi connectivity index (χ4n) is 1.71. The van der Waals surface area contributed by atoms with Crippen LogP contribution in [0.2, 0.25) is 5.02 Å². The molecule has 0 spiro atoms. The molecule has 0 heterocycles. The summed E-state index contributed by atoms with van der Waals surface area (Å²) in [5, 5.41) is 2.71. The van der Waals surface area contributed by atoms with Gasteiger partial charge in [-0.3, -0.25) is 0 Å². The van der Waals surface area contributed by atoms with Gasteiger partial charge in [-0.2, -0.15) is 13.2 Å². The molecule has 0 radical (unpaired) electrons. The van der Waals surface area contributed by atoms with Crippen molar-refractivity contribution in [1.82, 2.24) is 0 Å². The second-order valence-electron chi connectivity index (χ2n) is 4.21. The van der Waals surface area contributed by atoms with Gasteiger partial charge < -0.3 is 5.32 Å². The van der Waals surface area contributed by atoms with Gasteiger partial charge in [-0.15, -0.1) is 0 Å². The molecule has 0 saturated heterocycles. The predicted molar refractivity (Wildman–Crippen MR) is 78.3 cm³/mol. The van der Waals surface area contributed by atoms with E-state index >= 15 is 0 Å². The first-order chi connectivity index (χ1) is 9.97. The summed E-state index contributed by atoms with van der Waals surface area (Å²) >= 11 is 5.61. The van der Waals surface area contributed by atoms with E-state index in [4.69, 9.17) is 11.6 Å². The van der Waals surface area contributed by atoms with E-state index in [-0.39, 0.29) is 17.3 Å². The van der Waals surface area contributed by atoms with Gasteiger partial charge in [0.15, 0.2) is 0 Å². The lowest BCUT2D eigenvalue weighted by Crippen LogP contribution is -2.11. The molecule has 1 nitrogen and oxygen atoms in total. The summed E-state index contributed by atoms with van der Waals surface area (Å²) in [6.07, 6.45) is -4.46. The molecule has 108 valence electrons. The second-order valence-corrected chi connectivity index (χ2v) is 4.65. The lowest BCUT2D eigenvalue weighted by Gasteiger charge is -2.13. The van der Waals surface area contributed by atoms with Crippen LogP contribution >= 0.6 is 11.6 Å². The molecule has 0 atom stereocenters. The van der Waals surface area contributed by atoms with E-state index in [1.165, 1.54) is 12.1 Å². The molecule has 0 aliphatic rings. The van der Waals surface area contributed by atoms with E-state index in [9.17, 15) is 13.2 Å². The number of alkyl halides is 3. The van der Waals surface area contributed by atoms with Crippen LogP contribution in [0.5, 0.6) is 0 Å². The summed E-state index contributed by atoms with van der Waals surface area (Å²) in [7, 11) is 0. The van der Waals surface area contributed by atoms with Gasteiger partial charge in [-0.25, -0.2) is 0 Å². The highest BCUT2D eigenvalue weighted by molar-refractivity contribution is 6.30. The van der Waals surface area contributed by atoms with Crippen LogP contribution in [0.25, 0.3) is 0 Å². The molecule has 0 saturated carbocycles. The van der Waals surface area contributed by atoms with Crippen LogP contribution in [0.1, 0.15) is 11.1 Å². The van der Waals surface area contributed by atoms with E-state index in [1.54, 1.807) is 0 Å². The Bertz CT molecular complexity index is 669. The van der Waals surface area contributed by atoms with Gasteiger partial charge in [0.05, 0.1) is 12.1 Å². The molecular formula is C16H11ClF3N. The minimum Gasteiger partial charge on any atom is -0.374 e. The Hall–Kier alpha value is -2.12. The van der Waals surface area contributed by atoms with Crippen LogP contribution in [-0.4, -0.2) is 6.54 Å². The first kappa shape index (κ1) is 15.3. The third kappa shape index (κ3) is 4.44. The Morgan fingerprint density at radius 1 is 1.05 bits per heavy atom. The molecule has 5 heteroatoms. The number of benzene rings is 2. The molecule has 1 N–H and O–H groups in total. The first-order valence-corrected chi connectivity index (χ1v) is 6.49. The minimum atomic E-state index is -4.46. The van der Waals surface area contributed by atoms with Gasteiger partial charge in [-0.05, 0) is 30.3 Å². The monoisotopic (exact) mass is 309 g/mol. The Labute approximate surface area is 125 Å². The summed E-state index contributed by atoms with van der Waals surface area (Å²) in [4.78, 5) is 0. The molecule has 0 fully saturated rings. The SMILES string of the molecule is FC(F)(F)c1cc(Cl)ccc1NCC#Cc1ccccc1. The van der Waals surface area contributed by atoms with Gasteiger partial charge >= 0.3 is 6.18 Å². The largest absolute Gasteiger partial charge is 0.418 e. The second kappa shape index (κ2) is 6.55. The van der Waals surface area contributed by atoms with Crippen molar-refractivity contribution >= 4 is 17.3 Å². The first-order valence-electron chi connectivity index (χ1n) is 6.11. The molecule has 0 bridgehead atoms. The molecule has 0 aromatic heterocycles. The normalized spacial score (nSPS) is 10.7. The summed E-state index contributed by atoms with van der Waals surface area (Å²) in [6, 6.07) is 12.8. The van der Waals surface area contributed by atoms with Crippen LogP contribution in [0.4, 0.5) is 18.9 Å². The average molecular weight is 310 g/mol. The maximum Gasteiger partial charge on any atom is 0.418 e. The van der Waals surface area contributed by atoms with Gasteiger partial charge in [0.2, 0.25) is 0 Å². The Balaban J connectivity index is 2.09. The maximum atomic E-state index is 12.9. The number of hydrogen-bond acceptors (Lipinski definition) is 1. The zero-order valence-electron chi connectivity index (χ0n) is 10.8. The third-order valence-electron chi connectivity index (χ3n) is 2.66. The van der Waals surface area contributed by atoms with Crippen LogP contribution in [0, 0.1) is 11.8 Å². The van der Waals surface area contributed by atoms with Crippen LogP contribution in [0.15, 0.2) is 48.5 Å². The Morgan fingerprint density at radius 3 is 2.43 bits per heavy atom. The van der Waals surface area contributed by atoms with Crippen molar-refractivity contribution in [3.63, 3.8) is 0 Å². The number of rotatable bonds is 2. The highest BCUT2D eigenvalue weighted by Gasteiger charge is 2.33. The lowest BCUT2D eigenvalue weighted by molar-refractivity contribution is -0.136. The molecular weight excluding hydrogens is 299 g/mol. The molecule has 0 amide bonds. The van der Waals surface area contributed by atoms with E-state index < -0.39 is 11.7 Å². The van der Waals surface area contributed by atoms with Crippen molar-refractivity contribution in [1.29, 1.82) is 0 Å². The van der Waals surface area contributed by atoms with Gasteiger partial charge in [0.25, 0.3) is 0 Å². The smallest absolute Gasteiger partial charge is 0.374 e. The molecule has 21 heavy (non-hydrogen) atoms. The van der Waals surface area contributed by atoms with Crippen LogP contribution in [0.3, 0.4) is 0 Å². The minimum absolute atomic E-state index is 0.0331. The topological polar surface area (TPSA) is 12.0 Å². The summed E-state index contributed by atoms with van der Waals surface area (Å²) in [5.74, 6) is 5.65. The summed E-state index contributed by atoms with van der Waals surface area (Å²) in [5.41, 5.74) is -0.0165. The van der Waals surface area contributed by atoms with E-state index in [1.807, 2.05) is 30.3 Å². The Kier molecular flexibility index (Phi) is 4.77. The number of anilines is 1. The van der Waals surface area contributed by atoms with Crippen molar-refractivity contribution in [2.45, 2.75) is 6.18 Å². The standard InChI is InChI=1S/C16H11ClF3N/c17-13-8-9-15(14(11-13)16(18,19)20)21-10-4-7-12-5-2-1-3-6-12/h1-3,5-6,8-9,11,21H,10H2. The predicted octanol–water partition coefficient (Wildman–Crippen LogP) is 4.82. The number of hydrogen-bond donors (Lipinski definition) is 1. The molecule has 2 rings (SSSR count). The quantitative estimate of drug-likeness (QED) is 0.784. The lowest BCUT2D eigenvalue weighted by atomic mass is 10.1. The highest BCUT2D eigenvalue weighted by Crippen LogP contribution is 2.36. The molecule has 0 aliphatic carbocycles. The van der Waals surface area contributed by atoms with Crippen molar-refractivity contribution in [2.24, 2.45) is 0 Å². The molecule has 2 aromatic rings. The van der Waals surface area contributed by atoms with Crippen molar-refractivity contribution in [3.05, 3.63) is 64.7 Å². The fraction of sp³-hybridized carbons (Fsp3) is 0.125. The van der Waals surface area contributed by atoms with Crippen molar-refractivity contribution in [3.8, 4) is 11.8 Å². The van der Waals surface area contributed by atoms with Crippen molar-refractivity contribution in [2.75, 3.05) is 11.9 Å². The molecule has 2 aromatic carbocycles. The zero-order chi connectivity index (χ0) is 15.3. The van der Waals surface area contributed by atoms with Gasteiger partial charge in [-0.1, -0.05) is 41.6 Å². The average Bonchev–Trinajstić information content (AvgIpc) is 2.45. The fourth-order valence-corrected chi connectivity index (χ4v) is 1.88.